The third-order valence-electron chi connectivity index (χ3n) is 3.06. The van der Waals surface area contributed by atoms with Gasteiger partial charge in [-0.05, 0) is 48.0 Å². The number of hydrogen-bond donors (Lipinski definition) is 2. The lowest BCUT2D eigenvalue weighted by atomic mass is 10.1. The number of primary amides is 1. The molecule has 1 aromatic heterocycles. The Labute approximate surface area is 136 Å². The Kier molecular flexibility index (Phi) is 4.90. The molecular formula is C14H16BrClN4O. The van der Waals surface area contributed by atoms with Crippen molar-refractivity contribution in [3.8, 4) is 0 Å². The summed E-state index contributed by atoms with van der Waals surface area (Å²) in [5.74, 6) is -0.469. The van der Waals surface area contributed by atoms with Crippen molar-refractivity contribution in [1.82, 2.24) is 9.55 Å². The number of benzene rings is 1. The minimum absolute atomic E-state index is 0.183. The predicted octanol–water partition coefficient (Wildman–Crippen LogP) is 3.52. The number of anilines is 1. The summed E-state index contributed by atoms with van der Waals surface area (Å²) in [5.41, 5.74) is 7.00. The van der Waals surface area contributed by atoms with E-state index in [1.807, 2.05) is 18.4 Å². The van der Waals surface area contributed by atoms with E-state index in [-0.39, 0.29) is 6.04 Å². The molecule has 0 spiro atoms. The van der Waals surface area contributed by atoms with Gasteiger partial charge in [0.2, 0.25) is 5.91 Å². The summed E-state index contributed by atoms with van der Waals surface area (Å²) in [6, 6.07) is 4.85. The van der Waals surface area contributed by atoms with Crippen LogP contribution in [0.3, 0.4) is 0 Å². The highest BCUT2D eigenvalue weighted by molar-refractivity contribution is 9.10. The Hall–Kier alpha value is -1.53. The maximum Gasteiger partial charge on any atom is 0.246 e. The van der Waals surface area contributed by atoms with Crippen molar-refractivity contribution < 1.29 is 4.79 Å². The van der Waals surface area contributed by atoms with Crippen molar-refractivity contribution in [2.45, 2.75) is 25.9 Å². The van der Waals surface area contributed by atoms with E-state index in [1.165, 1.54) is 0 Å². The van der Waals surface area contributed by atoms with Gasteiger partial charge in [-0.2, -0.15) is 0 Å². The minimum Gasteiger partial charge on any atom is -0.369 e. The third-order valence-corrected chi connectivity index (χ3v) is 4.28. The van der Waals surface area contributed by atoms with Crippen LogP contribution in [0.2, 0.25) is 5.02 Å². The number of nitrogens with two attached hydrogens (primary N) is 1. The van der Waals surface area contributed by atoms with Crippen LogP contribution in [0.15, 0.2) is 35.2 Å². The van der Waals surface area contributed by atoms with Gasteiger partial charge >= 0.3 is 0 Å². The fourth-order valence-corrected chi connectivity index (χ4v) is 2.51. The first kappa shape index (κ1) is 15.9. The first-order valence-electron chi connectivity index (χ1n) is 6.42. The fraction of sp³-hybridized carbons (Fsp3) is 0.286. The third kappa shape index (κ3) is 3.57. The van der Waals surface area contributed by atoms with Crippen LogP contribution in [0, 0.1) is 0 Å². The topological polar surface area (TPSA) is 72.9 Å². The van der Waals surface area contributed by atoms with E-state index >= 15 is 0 Å². The Morgan fingerprint density at radius 1 is 1.48 bits per heavy atom. The summed E-state index contributed by atoms with van der Waals surface area (Å²) < 4.78 is 2.66. The van der Waals surface area contributed by atoms with Crippen molar-refractivity contribution in [2.75, 3.05) is 5.32 Å². The van der Waals surface area contributed by atoms with Crippen molar-refractivity contribution in [2.24, 2.45) is 5.73 Å². The van der Waals surface area contributed by atoms with E-state index < -0.39 is 11.9 Å². The SMILES string of the molecule is CC(C)n1cncc1C(Nc1ccc(Cl)c(Br)c1)C(N)=O. The fourth-order valence-electron chi connectivity index (χ4n) is 2.01. The Morgan fingerprint density at radius 3 is 2.76 bits per heavy atom. The number of nitrogens with one attached hydrogen (secondary N) is 1. The first-order valence-corrected chi connectivity index (χ1v) is 7.60. The Morgan fingerprint density at radius 2 is 2.19 bits per heavy atom. The summed E-state index contributed by atoms with van der Waals surface area (Å²) in [6.45, 7) is 4.03. The summed E-state index contributed by atoms with van der Waals surface area (Å²) in [7, 11) is 0. The number of nitrogens with zero attached hydrogens (tertiary/aromatic N) is 2. The van der Waals surface area contributed by atoms with E-state index in [1.54, 1.807) is 30.7 Å². The predicted molar refractivity (Wildman–Crippen MR) is 87.3 cm³/mol. The molecule has 1 unspecified atom stereocenters. The Bertz CT molecular complexity index is 656. The molecule has 2 rings (SSSR count). The molecule has 0 bridgehead atoms. The lowest BCUT2D eigenvalue weighted by Gasteiger charge is -2.20. The lowest BCUT2D eigenvalue weighted by molar-refractivity contribution is -0.119. The molecule has 112 valence electrons. The molecule has 2 aromatic rings. The van der Waals surface area contributed by atoms with Gasteiger partial charge in [0, 0.05) is 16.2 Å². The molecule has 0 saturated carbocycles. The molecule has 1 atom stereocenters. The first-order chi connectivity index (χ1) is 9.90. The van der Waals surface area contributed by atoms with Crippen LogP contribution in [-0.2, 0) is 4.79 Å². The van der Waals surface area contributed by atoms with Crippen molar-refractivity contribution in [1.29, 1.82) is 0 Å². The molecule has 0 aliphatic carbocycles. The zero-order valence-corrected chi connectivity index (χ0v) is 14.0. The number of rotatable bonds is 5. The molecule has 1 aromatic carbocycles. The average molecular weight is 372 g/mol. The molecule has 7 heteroatoms. The molecule has 0 aliphatic heterocycles. The normalized spacial score (nSPS) is 12.4. The van der Waals surface area contributed by atoms with Crippen LogP contribution >= 0.6 is 27.5 Å². The molecule has 1 heterocycles. The highest BCUT2D eigenvalue weighted by Gasteiger charge is 2.22. The summed E-state index contributed by atoms with van der Waals surface area (Å²) in [5, 5.41) is 3.72. The molecular weight excluding hydrogens is 356 g/mol. The largest absolute Gasteiger partial charge is 0.369 e. The van der Waals surface area contributed by atoms with Gasteiger partial charge in [-0.3, -0.25) is 4.79 Å². The van der Waals surface area contributed by atoms with Crippen LogP contribution in [0.1, 0.15) is 31.6 Å². The quantitative estimate of drug-likeness (QED) is 0.844. The van der Waals surface area contributed by atoms with Gasteiger partial charge in [-0.25, -0.2) is 4.98 Å². The minimum atomic E-state index is -0.664. The molecule has 1 amide bonds. The van der Waals surface area contributed by atoms with Crippen LogP contribution in [0.25, 0.3) is 0 Å². The zero-order chi connectivity index (χ0) is 15.6. The highest BCUT2D eigenvalue weighted by atomic mass is 79.9. The van der Waals surface area contributed by atoms with E-state index in [0.29, 0.717) is 5.02 Å². The second kappa shape index (κ2) is 6.49. The van der Waals surface area contributed by atoms with Crippen LogP contribution in [0.4, 0.5) is 5.69 Å². The summed E-state index contributed by atoms with van der Waals surface area (Å²) in [6.07, 6.45) is 3.34. The van der Waals surface area contributed by atoms with Gasteiger partial charge in [0.15, 0.2) is 0 Å². The van der Waals surface area contributed by atoms with Gasteiger partial charge in [-0.1, -0.05) is 11.6 Å². The number of imidazole rings is 1. The van der Waals surface area contributed by atoms with Crippen LogP contribution < -0.4 is 11.1 Å². The number of aromatic nitrogens is 2. The van der Waals surface area contributed by atoms with Crippen LogP contribution in [0.5, 0.6) is 0 Å². The van der Waals surface area contributed by atoms with Gasteiger partial charge in [0.05, 0.1) is 23.2 Å². The zero-order valence-electron chi connectivity index (χ0n) is 11.7. The van der Waals surface area contributed by atoms with Gasteiger partial charge in [-0.15, -0.1) is 0 Å². The molecule has 0 aliphatic rings. The van der Waals surface area contributed by atoms with E-state index in [2.05, 4.69) is 26.2 Å². The van der Waals surface area contributed by atoms with Crippen molar-refractivity contribution in [3.05, 3.63) is 45.9 Å². The van der Waals surface area contributed by atoms with Gasteiger partial charge in [0.1, 0.15) is 6.04 Å². The monoisotopic (exact) mass is 370 g/mol. The molecule has 3 N–H and O–H groups in total. The lowest BCUT2D eigenvalue weighted by Crippen LogP contribution is -2.30. The van der Waals surface area contributed by atoms with E-state index in [9.17, 15) is 4.79 Å². The second-order valence-electron chi connectivity index (χ2n) is 4.93. The van der Waals surface area contributed by atoms with Gasteiger partial charge < -0.3 is 15.6 Å². The molecule has 0 saturated heterocycles. The smallest absolute Gasteiger partial charge is 0.246 e. The number of amides is 1. The van der Waals surface area contributed by atoms with Crippen LogP contribution in [-0.4, -0.2) is 15.5 Å². The number of hydrogen-bond acceptors (Lipinski definition) is 3. The highest BCUT2D eigenvalue weighted by Crippen LogP contribution is 2.28. The standard InChI is InChI=1S/C14H16BrClN4O/c1-8(2)20-7-18-6-12(20)13(14(17)21)19-9-3-4-11(16)10(15)5-9/h3-8,13,19H,1-2H3,(H2,17,21). The van der Waals surface area contributed by atoms with Crippen molar-refractivity contribution in [3.63, 3.8) is 0 Å². The molecule has 5 nitrogen and oxygen atoms in total. The summed E-state index contributed by atoms with van der Waals surface area (Å²) in [4.78, 5) is 15.9. The molecule has 0 fully saturated rings. The maximum absolute atomic E-state index is 11.8. The van der Waals surface area contributed by atoms with E-state index in [0.717, 1.165) is 15.9 Å². The number of halogens is 2. The molecule has 21 heavy (non-hydrogen) atoms. The average Bonchev–Trinajstić information content (AvgIpc) is 2.88. The second-order valence-corrected chi connectivity index (χ2v) is 6.19. The number of carbonyl (C=O) groups is 1. The maximum atomic E-state index is 11.8. The number of carbonyl (C=O) groups excluding carboxylic acids is 1. The van der Waals surface area contributed by atoms with Gasteiger partial charge in [0.25, 0.3) is 0 Å². The van der Waals surface area contributed by atoms with Crippen molar-refractivity contribution >= 4 is 39.1 Å². The summed E-state index contributed by atoms with van der Waals surface area (Å²) >= 11 is 9.32. The molecule has 0 radical (unpaired) electrons. The van der Waals surface area contributed by atoms with E-state index in [4.69, 9.17) is 17.3 Å². The Balaban J connectivity index is 2.33.